The van der Waals surface area contributed by atoms with Crippen molar-refractivity contribution in [3.8, 4) is 5.75 Å². The standard InChI is InChI=1S/C13H11BrO2S/c14-10-5-8-1-3-16-13(8)11(6-10)12(15)9-2-4-17-7-9/h2,4-7,12,15H,1,3H2. The van der Waals surface area contributed by atoms with Gasteiger partial charge in [-0.05, 0) is 40.1 Å². The van der Waals surface area contributed by atoms with Crippen molar-refractivity contribution in [3.63, 3.8) is 0 Å². The number of rotatable bonds is 2. The van der Waals surface area contributed by atoms with Gasteiger partial charge in [-0.1, -0.05) is 15.9 Å². The second kappa shape index (κ2) is 4.44. The minimum absolute atomic E-state index is 0.606. The number of benzene rings is 1. The van der Waals surface area contributed by atoms with E-state index in [0.29, 0.717) is 6.61 Å². The summed E-state index contributed by atoms with van der Waals surface area (Å²) in [5, 5.41) is 14.3. The molecule has 0 amide bonds. The van der Waals surface area contributed by atoms with Gasteiger partial charge in [-0.2, -0.15) is 11.3 Å². The lowest BCUT2D eigenvalue weighted by Crippen LogP contribution is -2.01. The Balaban J connectivity index is 2.09. The molecule has 3 rings (SSSR count). The zero-order chi connectivity index (χ0) is 11.8. The zero-order valence-electron chi connectivity index (χ0n) is 9.02. The molecule has 0 radical (unpaired) electrons. The van der Waals surface area contributed by atoms with Crippen LogP contribution in [0, 0.1) is 0 Å². The number of aliphatic hydroxyl groups is 1. The van der Waals surface area contributed by atoms with Gasteiger partial charge in [-0.15, -0.1) is 0 Å². The highest BCUT2D eigenvalue weighted by molar-refractivity contribution is 9.10. The molecule has 0 saturated heterocycles. The van der Waals surface area contributed by atoms with Gasteiger partial charge in [0.1, 0.15) is 11.9 Å². The van der Waals surface area contributed by atoms with Crippen molar-refractivity contribution in [2.75, 3.05) is 6.61 Å². The van der Waals surface area contributed by atoms with Crippen LogP contribution in [-0.4, -0.2) is 11.7 Å². The molecule has 17 heavy (non-hydrogen) atoms. The largest absolute Gasteiger partial charge is 0.493 e. The molecule has 1 unspecified atom stereocenters. The summed E-state index contributed by atoms with van der Waals surface area (Å²) in [6.07, 6.45) is 0.309. The van der Waals surface area contributed by atoms with Gasteiger partial charge in [0.05, 0.1) is 6.61 Å². The average molecular weight is 311 g/mol. The van der Waals surface area contributed by atoms with E-state index >= 15 is 0 Å². The molecule has 0 fully saturated rings. The molecule has 0 spiro atoms. The predicted molar refractivity (Wildman–Crippen MR) is 71.7 cm³/mol. The molecule has 1 aromatic carbocycles. The van der Waals surface area contributed by atoms with E-state index in [4.69, 9.17) is 4.74 Å². The van der Waals surface area contributed by atoms with Crippen molar-refractivity contribution in [1.29, 1.82) is 0 Å². The summed E-state index contributed by atoms with van der Waals surface area (Å²) in [5.41, 5.74) is 2.94. The third-order valence-corrected chi connectivity index (χ3v) is 4.09. The second-order valence-corrected chi connectivity index (χ2v) is 5.74. The fraction of sp³-hybridized carbons (Fsp3) is 0.231. The summed E-state index contributed by atoms with van der Waals surface area (Å²) < 4.78 is 6.62. The Morgan fingerprint density at radius 3 is 3.06 bits per heavy atom. The maximum atomic E-state index is 10.4. The van der Waals surface area contributed by atoms with Crippen molar-refractivity contribution in [2.24, 2.45) is 0 Å². The summed E-state index contributed by atoms with van der Waals surface area (Å²) in [6, 6.07) is 5.94. The number of hydrogen-bond donors (Lipinski definition) is 1. The molecule has 2 nitrogen and oxygen atoms in total. The molecule has 1 aromatic heterocycles. The van der Waals surface area contributed by atoms with E-state index in [9.17, 15) is 5.11 Å². The van der Waals surface area contributed by atoms with Crippen LogP contribution in [0.5, 0.6) is 5.75 Å². The number of ether oxygens (including phenoxy) is 1. The van der Waals surface area contributed by atoms with Gasteiger partial charge in [0.2, 0.25) is 0 Å². The molecule has 1 atom stereocenters. The molecule has 0 saturated carbocycles. The second-order valence-electron chi connectivity index (χ2n) is 4.04. The van der Waals surface area contributed by atoms with Gasteiger partial charge in [0.25, 0.3) is 0 Å². The SMILES string of the molecule is OC(c1ccsc1)c1cc(Br)cc2c1OCC2. The lowest BCUT2D eigenvalue weighted by Gasteiger charge is -2.14. The maximum absolute atomic E-state index is 10.4. The van der Waals surface area contributed by atoms with Crippen LogP contribution in [0.25, 0.3) is 0 Å². The minimum Gasteiger partial charge on any atom is -0.493 e. The normalized spacial score (nSPS) is 15.4. The molecule has 2 heterocycles. The van der Waals surface area contributed by atoms with Gasteiger partial charge < -0.3 is 9.84 Å². The summed E-state index contributed by atoms with van der Waals surface area (Å²) >= 11 is 5.07. The van der Waals surface area contributed by atoms with E-state index in [1.807, 2.05) is 22.9 Å². The maximum Gasteiger partial charge on any atom is 0.128 e. The van der Waals surface area contributed by atoms with E-state index in [0.717, 1.165) is 27.8 Å². The van der Waals surface area contributed by atoms with E-state index < -0.39 is 6.10 Å². The molecule has 0 bridgehead atoms. The summed E-state index contributed by atoms with van der Waals surface area (Å²) in [5.74, 6) is 0.854. The van der Waals surface area contributed by atoms with Gasteiger partial charge in [-0.25, -0.2) is 0 Å². The van der Waals surface area contributed by atoms with Crippen LogP contribution in [0.3, 0.4) is 0 Å². The van der Waals surface area contributed by atoms with Gasteiger partial charge >= 0.3 is 0 Å². The molecular formula is C13H11BrO2S. The van der Waals surface area contributed by atoms with Gasteiger partial charge in [0, 0.05) is 16.5 Å². The van der Waals surface area contributed by atoms with Gasteiger partial charge in [0.15, 0.2) is 0 Å². The number of hydrogen-bond acceptors (Lipinski definition) is 3. The molecule has 1 N–H and O–H groups in total. The third-order valence-electron chi connectivity index (χ3n) is 2.93. The lowest BCUT2D eigenvalue weighted by atomic mass is 10.0. The van der Waals surface area contributed by atoms with Crippen molar-refractivity contribution in [1.82, 2.24) is 0 Å². The monoisotopic (exact) mass is 310 g/mol. The number of thiophene rings is 1. The van der Waals surface area contributed by atoms with Crippen molar-refractivity contribution in [2.45, 2.75) is 12.5 Å². The fourth-order valence-electron chi connectivity index (χ4n) is 2.11. The van der Waals surface area contributed by atoms with E-state index in [2.05, 4.69) is 22.0 Å². The molecule has 88 valence electrons. The highest BCUT2D eigenvalue weighted by Crippen LogP contribution is 2.38. The van der Waals surface area contributed by atoms with Crippen LogP contribution in [0.4, 0.5) is 0 Å². The Hall–Kier alpha value is -0.840. The molecule has 0 aliphatic carbocycles. The summed E-state index contributed by atoms with van der Waals surface area (Å²) in [6.45, 7) is 0.704. The highest BCUT2D eigenvalue weighted by atomic mass is 79.9. The Bertz CT molecular complexity index is 537. The highest BCUT2D eigenvalue weighted by Gasteiger charge is 2.23. The first-order chi connectivity index (χ1) is 8.25. The van der Waals surface area contributed by atoms with Crippen molar-refractivity contribution in [3.05, 3.63) is 50.1 Å². The summed E-state index contributed by atoms with van der Waals surface area (Å²) in [4.78, 5) is 0. The fourth-order valence-corrected chi connectivity index (χ4v) is 3.31. The van der Waals surface area contributed by atoms with Crippen LogP contribution in [0.2, 0.25) is 0 Å². The van der Waals surface area contributed by atoms with E-state index in [-0.39, 0.29) is 0 Å². The molecule has 4 heteroatoms. The Kier molecular flexibility index (Phi) is 2.94. The van der Waals surface area contributed by atoms with Crippen LogP contribution >= 0.6 is 27.3 Å². The number of halogens is 1. The zero-order valence-corrected chi connectivity index (χ0v) is 11.4. The Morgan fingerprint density at radius 1 is 1.41 bits per heavy atom. The van der Waals surface area contributed by atoms with E-state index in [1.54, 1.807) is 11.3 Å². The lowest BCUT2D eigenvalue weighted by molar-refractivity contribution is 0.214. The smallest absolute Gasteiger partial charge is 0.128 e. The molecule has 2 aromatic rings. The topological polar surface area (TPSA) is 29.5 Å². The van der Waals surface area contributed by atoms with Crippen LogP contribution in [0.1, 0.15) is 22.8 Å². The van der Waals surface area contributed by atoms with Crippen molar-refractivity contribution < 1.29 is 9.84 Å². The van der Waals surface area contributed by atoms with Crippen LogP contribution in [-0.2, 0) is 6.42 Å². The first-order valence-electron chi connectivity index (χ1n) is 5.41. The van der Waals surface area contributed by atoms with Crippen LogP contribution in [0.15, 0.2) is 33.4 Å². The molecule has 1 aliphatic heterocycles. The quantitative estimate of drug-likeness (QED) is 0.919. The average Bonchev–Trinajstić information content (AvgIpc) is 2.97. The van der Waals surface area contributed by atoms with Crippen molar-refractivity contribution >= 4 is 27.3 Å². The van der Waals surface area contributed by atoms with E-state index in [1.165, 1.54) is 5.56 Å². The molecular weight excluding hydrogens is 300 g/mol. The number of fused-ring (bicyclic) bond motifs is 1. The predicted octanol–water partition coefficient (Wildman–Crippen LogP) is 3.53. The van der Waals surface area contributed by atoms with Gasteiger partial charge in [-0.3, -0.25) is 0 Å². The minimum atomic E-state index is -0.606. The third kappa shape index (κ3) is 2.01. The Labute approximate surface area is 112 Å². The molecule has 1 aliphatic rings. The van der Waals surface area contributed by atoms with Crippen LogP contribution < -0.4 is 4.74 Å². The number of aliphatic hydroxyl groups excluding tert-OH is 1. The summed E-state index contributed by atoms with van der Waals surface area (Å²) in [7, 11) is 0. The first kappa shape index (κ1) is 11.3. The Morgan fingerprint density at radius 2 is 2.29 bits per heavy atom. The first-order valence-corrected chi connectivity index (χ1v) is 7.14.